The maximum Gasteiger partial charge on any atom is 0.226 e. The van der Waals surface area contributed by atoms with Crippen molar-refractivity contribution in [1.82, 2.24) is 5.32 Å². The summed E-state index contributed by atoms with van der Waals surface area (Å²) < 4.78 is 1.07. The number of rotatable bonds is 2. The van der Waals surface area contributed by atoms with Crippen LogP contribution in [0, 0.1) is 5.41 Å². The average Bonchev–Trinajstić information content (AvgIpc) is 2.98. The highest BCUT2D eigenvalue weighted by Gasteiger charge is 2.46. The van der Waals surface area contributed by atoms with Gasteiger partial charge in [0.1, 0.15) is 0 Å². The summed E-state index contributed by atoms with van der Waals surface area (Å²) in [7, 11) is 0. The molecule has 1 amide bonds. The number of hydrogen-bond acceptors (Lipinski definition) is 1. The van der Waals surface area contributed by atoms with Crippen LogP contribution in [-0.2, 0) is 10.3 Å². The van der Waals surface area contributed by atoms with Crippen LogP contribution >= 0.6 is 15.9 Å². The van der Waals surface area contributed by atoms with Crippen molar-refractivity contribution in [2.24, 2.45) is 5.41 Å². The summed E-state index contributed by atoms with van der Waals surface area (Å²) in [6, 6.07) is 8.22. The highest BCUT2D eigenvalue weighted by molar-refractivity contribution is 9.10. The van der Waals surface area contributed by atoms with Gasteiger partial charge in [0.05, 0.1) is 5.54 Å². The van der Waals surface area contributed by atoms with Crippen LogP contribution in [0.1, 0.15) is 39.2 Å². The topological polar surface area (TPSA) is 29.1 Å². The Morgan fingerprint density at radius 1 is 1.24 bits per heavy atom. The maximum atomic E-state index is 12.0. The highest BCUT2D eigenvalue weighted by atomic mass is 79.9. The first kappa shape index (κ1) is 12.6. The van der Waals surface area contributed by atoms with Crippen molar-refractivity contribution in [3.8, 4) is 0 Å². The van der Waals surface area contributed by atoms with Crippen molar-refractivity contribution in [1.29, 1.82) is 0 Å². The van der Waals surface area contributed by atoms with E-state index in [1.807, 2.05) is 32.9 Å². The van der Waals surface area contributed by atoms with Gasteiger partial charge in [-0.25, -0.2) is 0 Å². The van der Waals surface area contributed by atoms with Gasteiger partial charge in [-0.1, -0.05) is 48.8 Å². The van der Waals surface area contributed by atoms with Crippen LogP contribution in [-0.4, -0.2) is 5.91 Å². The van der Waals surface area contributed by atoms with E-state index in [0.29, 0.717) is 0 Å². The summed E-state index contributed by atoms with van der Waals surface area (Å²) in [6.45, 7) is 5.83. The lowest BCUT2D eigenvalue weighted by atomic mass is 9.94. The van der Waals surface area contributed by atoms with E-state index < -0.39 is 0 Å². The molecule has 1 N–H and O–H groups in total. The predicted octanol–water partition coefficient (Wildman–Crippen LogP) is 3.60. The van der Waals surface area contributed by atoms with Crippen molar-refractivity contribution in [2.75, 3.05) is 0 Å². The van der Waals surface area contributed by atoms with E-state index in [1.54, 1.807) is 0 Å². The molecule has 3 heteroatoms. The molecular weight excluding hydrogens is 278 g/mol. The van der Waals surface area contributed by atoms with Gasteiger partial charge in [-0.05, 0) is 30.5 Å². The second-order valence-corrected chi connectivity index (χ2v) is 6.71. The quantitative estimate of drug-likeness (QED) is 0.887. The summed E-state index contributed by atoms with van der Waals surface area (Å²) >= 11 is 3.43. The molecule has 0 heterocycles. The molecule has 0 aliphatic heterocycles. The van der Waals surface area contributed by atoms with Crippen molar-refractivity contribution < 1.29 is 4.79 Å². The lowest BCUT2D eigenvalue weighted by Gasteiger charge is -2.24. The lowest BCUT2D eigenvalue weighted by Crippen LogP contribution is -2.41. The smallest absolute Gasteiger partial charge is 0.226 e. The maximum absolute atomic E-state index is 12.0. The number of nitrogens with one attached hydrogen (secondary N) is 1. The zero-order valence-electron chi connectivity index (χ0n) is 10.5. The fourth-order valence-corrected chi connectivity index (χ4v) is 2.05. The number of benzene rings is 1. The number of carbonyl (C=O) groups excluding carboxylic acids is 1. The van der Waals surface area contributed by atoms with E-state index >= 15 is 0 Å². The summed E-state index contributed by atoms with van der Waals surface area (Å²) in [5.41, 5.74) is 0.772. The van der Waals surface area contributed by atoms with Crippen molar-refractivity contribution in [2.45, 2.75) is 39.2 Å². The molecule has 1 aliphatic rings. The van der Waals surface area contributed by atoms with Crippen molar-refractivity contribution in [3.05, 3.63) is 34.3 Å². The average molecular weight is 296 g/mol. The predicted molar refractivity (Wildman–Crippen MR) is 72.7 cm³/mol. The molecule has 2 nitrogen and oxygen atoms in total. The van der Waals surface area contributed by atoms with E-state index in [2.05, 4.69) is 33.4 Å². The number of halogens is 1. The van der Waals surface area contributed by atoms with Crippen molar-refractivity contribution in [3.63, 3.8) is 0 Å². The Labute approximate surface area is 111 Å². The van der Waals surface area contributed by atoms with Gasteiger partial charge in [-0.2, -0.15) is 0 Å². The summed E-state index contributed by atoms with van der Waals surface area (Å²) in [4.78, 5) is 12.0. The number of amides is 1. The highest BCUT2D eigenvalue weighted by Crippen LogP contribution is 2.46. The van der Waals surface area contributed by atoms with Gasteiger partial charge < -0.3 is 5.32 Å². The molecule has 1 saturated carbocycles. The Morgan fingerprint density at radius 2 is 1.76 bits per heavy atom. The van der Waals surface area contributed by atoms with Gasteiger partial charge in [0.25, 0.3) is 0 Å². The van der Waals surface area contributed by atoms with Crippen LogP contribution in [0.5, 0.6) is 0 Å². The molecule has 0 saturated heterocycles. The van der Waals surface area contributed by atoms with Crippen LogP contribution in [0.25, 0.3) is 0 Å². The van der Waals surface area contributed by atoms with Gasteiger partial charge in [-0.3, -0.25) is 4.79 Å². The van der Waals surface area contributed by atoms with Crippen LogP contribution in [0.4, 0.5) is 0 Å². The minimum absolute atomic E-state index is 0.106. The molecule has 2 rings (SSSR count). The zero-order chi connectivity index (χ0) is 12.7. The minimum atomic E-state index is -0.328. The minimum Gasteiger partial charge on any atom is -0.346 e. The second-order valence-electron chi connectivity index (χ2n) is 5.79. The first-order chi connectivity index (χ1) is 7.83. The normalized spacial score (nSPS) is 17.6. The molecule has 0 atom stereocenters. The molecule has 17 heavy (non-hydrogen) atoms. The third-order valence-corrected chi connectivity index (χ3v) is 3.71. The van der Waals surface area contributed by atoms with E-state index in [1.165, 1.54) is 5.56 Å². The molecule has 0 bridgehead atoms. The summed E-state index contributed by atoms with van der Waals surface area (Å²) in [6.07, 6.45) is 2.08. The van der Waals surface area contributed by atoms with Gasteiger partial charge in [0.15, 0.2) is 0 Å². The Kier molecular flexibility index (Phi) is 3.06. The third-order valence-electron chi connectivity index (χ3n) is 3.18. The van der Waals surface area contributed by atoms with E-state index in [-0.39, 0.29) is 16.9 Å². The third kappa shape index (κ3) is 2.71. The number of hydrogen-bond donors (Lipinski definition) is 1. The second kappa shape index (κ2) is 4.13. The summed E-state index contributed by atoms with van der Waals surface area (Å²) in [5, 5.41) is 3.19. The molecule has 92 valence electrons. The first-order valence-corrected chi connectivity index (χ1v) is 6.71. The molecule has 1 aliphatic carbocycles. The zero-order valence-corrected chi connectivity index (χ0v) is 12.1. The number of carbonyl (C=O) groups is 1. The van der Waals surface area contributed by atoms with Gasteiger partial charge in [0.2, 0.25) is 5.91 Å². The molecule has 1 fully saturated rings. The Balaban J connectivity index is 2.15. The molecule has 0 radical (unpaired) electrons. The molecule has 1 aromatic rings. The monoisotopic (exact) mass is 295 g/mol. The largest absolute Gasteiger partial charge is 0.346 e. The van der Waals surface area contributed by atoms with E-state index in [4.69, 9.17) is 0 Å². The fraction of sp³-hybridized carbons (Fsp3) is 0.500. The summed E-state index contributed by atoms with van der Waals surface area (Å²) in [5.74, 6) is 0.123. The van der Waals surface area contributed by atoms with E-state index in [0.717, 1.165) is 17.3 Å². The van der Waals surface area contributed by atoms with Crippen LogP contribution < -0.4 is 5.32 Å². The van der Waals surface area contributed by atoms with Gasteiger partial charge in [-0.15, -0.1) is 0 Å². The molecule has 1 aromatic carbocycles. The van der Waals surface area contributed by atoms with Crippen molar-refractivity contribution >= 4 is 21.8 Å². The molecule has 0 unspecified atom stereocenters. The molecular formula is C14H18BrNO. The first-order valence-electron chi connectivity index (χ1n) is 5.92. The Bertz CT molecular complexity index is 427. The van der Waals surface area contributed by atoms with Gasteiger partial charge >= 0.3 is 0 Å². The fourth-order valence-electron chi connectivity index (χ4n) is 1.78. The SMILES string of the molecule is CC(C)(C)C(=O)NC1(c2ccc(Br)cc2)CC1. The van der Waals surface area contributed by atoms with Crippen LogP contribution in [0.3, 0.4) is 0 Å². The molecule has 0 spiro atoms. The Morgan fingerprint density at radius 3 is 2.18 bits per heavy atom. The molecule has 0 aromatic heterocycles. The van der Waals surface area contributed by atoms with Crippen LogP contribution in [0.2, 0.25) is 0 Å². The van der Waals surface area contributed by atoms with Gasteiger partial charge in [0, 0.05) is 9.89 Å². The lowest BCUT2D eigenvalue weighted by molar-refractivity contribution is -0.129. The standard InChI is InChI=1S/C14H18BrNO/c1-13(2,3)12(17)16-14(8-9-14)10-4-6-11(15)7-5-10/h4-7H,8-9H2,1-3H3,(H,16,17). The van der Waals surface area contributed by atoms with E-state index in [9.17, 15) is 4.79 Å². The Hall–Kier alpha value is -0.830. The van der Waals surface area contributed by atoms with Crippen LogP contribution in [0.15, 0.2) is 28.7 Å².